The van der Waals surface area contributed by atoms with Gasteiger partial charge in [0.2, 0.25) is 0 Å². The third-order valence-electron chi connectivity index (χ3n) is 3.62. The van der Waals surface area contributed by atoms with E-state index in [-0.39, 0.29) is 0 Å². The van der Waals surface area contributed by atoms with Gasteiger partial charge in [0.25, 0.3) is 0 Å². The maximum absolute atomic E-state index is 10.5. The summed E-state index contributed by atoms with van der Waals surface area (Å²) < 4.78 is 1.83. The van der Waals surface area contributed by atoms with E-state index in [1.165, 1.54) is 24.3 Å². The van der Waals surface area contributed by atoms with Crippen LogP contribution in [-0.2, 0) is 0 Å². The smallest absolute Gasteiger partial charge is 0.171 e. The maximum atomic E-state index is 10.5. The summed E-state index contributed by atoms with van der Waals surface area (Å²) >= 11 is 2.06. The molecule has 0 unspecified atom stereocenters. The molecule has 17 heavy (non-hydrogen) atoms. The highest BCUT2D eigenvalue weighted by Gasteiger charge is 2.34. The number of carbonyl (C=O) groups is 1. The van der Waals surface area contributed by atoms with E-state index in [0.717, 1.165) is 25.4 Å². The molecule has 1 aromatic heterocycles. The first-order valence-electron chi connectivity index (χ1n) is 6.05. The summed E-state index contributed by atoms with van der Waals surface area (Å²) in [4.78, 5) is 13.1. The van der Waals surface area contributed by atoms with Gasteiger partial charge in [0.15, 0.2) is 6.29 Å². The highest BCUT2D eigenvalue weighted by molar-refractivity contribution is 7.99. The summed E-state index contributed by atoms with van der Waals surface area (Å²) in [5, 5.41) is 7.79. The van der Waals surface area contributed by atoms with Crippen LogP contribution in [0.3, 0.4) is 0 Å². The number of nitrogens with zero attached hydrogens (tertiary/aromatic N) is 4. The van der Waals surface area contributed by atoms with E-state index in [1.54, 1.807) is 6.20 Å². The fraction of sp³-hybridized carbons (Fsp3) is 0.727. The molecule has 6 heteroatoms. The summed E-state index contributed by atoms with van der Waals surface area (Å²) in [6.45, 7) is 2.11. The zero-order chi connectivity index (χ0) is 11.7. The second-order valence-electron chi connectivity index (χ2n) is 4.69. The zero-order valence-electron chi connectivity index (χ0n) is 9.66. The topological polar surface area (TPSA) is 51.0 Å². The second-order valence-corrected chi connectivity index (χ2v) is 5.92. The van der Waals surface area contributed by atoms with Crippen LogP contribution in [0, 0.1) is 0 Å². The molecule has 2 aliphatic rings. The van der Waals surface area contributed by atoms with Crippen molar-refractivity contribution in [3.63, 3.8) is 0 Å². The van der Waals surface area contributed by atoms with Crippen molar-refractivity contribution in [2.75, 3.05) is 24.6 Å². The van der Waals surface area contributed by atoms with Crippen LogP contribution in [0.2, 0.25) is 0 Å². The first kappa shape index (κ1) is 11.2. The molecular formula is C11H16N4OS. The summed E-state index contributed by atoms with van der Waals surface area (Å²) in [7, 11) is 0. The number of aromatic nitrogens is 3. The number of carbonyl (C=O) groups excluding carboxylic acids is 1. The Morgan fingerprint density at radius 1 is 1.29 bits per heavy atom. The molecular weight excluding hydrogens is 236 g/mol. The van der Waals surface area contributed by atoms with E-state index in [9.17, 15) is 4.79 Å². The molecule has 2 fully saturated rings. The third-order valence-corrected chi connectivity index (χ3v) is 4.67. The molecule has 92 valence electrons. The minimum Gasteiger partial charge on any atom is -0.296 e. The molecule has 0 bridgehead atoms. The number of likely N-dealkylation sites (tertiary alicyclic amines) is 1. The Balaban J connectivity index is 1.55. The van der Waals surface area contributed by atoms with E-state index in [0.29, 0.717) is 11.7 Å². The van der Waals surface area contributed by atoms with Crippen molar-refractivity contribution >= 4 is 18.0 Å². The number of rotatable bonds is 3. The number of hydrogen-bond donors (Lipinski definition) is 0. The Kier molecular flexibility index (Phi) is 3.15. The predicted molar refractivity (Wildman–Crippen MR) is 66.4 cm³/mol. The standard InChI is InChI=1S/C11H16N4OS/c16-8-9-5-15(13-12-9)11-6-14(7-11)10-1-3-17-4-2-10/h5,8,10-11H,1-4,6-7H2. The van der Waals surface area contributed by atoms with Crippen LogP contribution in [0.25, 0.3) is 0 Å². The van der Waals surface area contributed by atoms with Crippen LogP contribution < -0.4 is 0 Å². The van der Waals surface area contributed by atoms with Gasteiger partial charge in [-0.2, -0.15) is 11.8 Å². The van der Waals surface area contributed by atoms with E-state index in [1.807, 2.05) is 4.68 Å². The molecule has 0 atom stereocenters. The van der Waals surface area contributed by atoms with Crippen LogP contribution in [-0.4, -0.2) is 56.8 Å². The normalized spacial score (nSPS) is 23.5. The molecule has 2 aliphatic heterocycles. The second kappa shape index (κ2) is 4.78. The molecule has 0 amide bonds. The summed E-state index contributed by atoms with van der Waals surface area (Å²) in [6.07, 6.45) is 5.12. The quantitative estimate of drug-likeness (QED) is 0.746. The van der Waals surface area contributed by atoms with Crippen molar-refractivity contribution < 1.29 is 4.79 Å². The number of hydrogen-bond acceptors (Lipinski definition) is 5. The van der Waals surface area contributed by atoms with Gasteiger partial charge in [0, 0.05) is 19.1 Å². The molecule has 0 spiro atoms. The molecule has 0 radical (unpaired) electrons. The van der Waals surface area contributed by atoms with E-state index >= 15 is 0 Å². The van der Waals surface area contributed by atoms with Crippen LogP contribution in [0.15, 0.2) is 6.20 Å². The molecule has 0 saturated carbocycles. The van der Waals surface area contributed by atoms with Gasteiger partial charge in [-0.3, -0.25) is 9.69 Å². The molecule has 0 aromatic carbocycles. The van der Waals surface area contributed by atoms with Crippen LogP contribution in [0.4, 0.5) is 0 Å². The van der Waals surface area contributed by atoms with E-state index in [4.69, 9.17) is 0 Å². The Hall–Kier alpha value is -0.880. The van der Waals surface area contributed by atoms with Gasteiger partial charge in [-0.05, 0) is 24.3 Å². The molecule has 5 nitrogen and oxygen atoms in total. The van der Waals surface area contributed by atoms with E-state index in [2.05, 4.69) is 27.0 Å². The van der Waals surface area contributed by atoms with Crippen LogP contribution >= 0.6 is 11.8 Å². The lowest BCUT2D eigenvalue weighted by Crippen LogP contribution is -2.53. The Labute approximate surface area is 105 Å². The van der Waals surface area contributed by atoms with Gasteiger partial charge in [-0.25, -0.2) is 4.68 Å². The first-order valence-corrected chi connectivity index (χ1v) is 7.21. The number of thioether (sulfide) groups is 1. The van der Waals surface area contributed by atoms with Crippen molar-refractivity contribution in [3.05, 3.63) is 11.9 Å². The SMILES string of the molecule is O=Cc1cn(C2CN(C3CCSCC3)C2)nn1. The van der Waals surface area contributed by atoms with Crippen LogP contribution in [0.5, 0.6) is 0 Å². The monoisotopic (exact) mass is 252 g/mol. The molecule has 0 N–H and O–H groups in total. The molecule has 3 heterocycles. The van der Waals surface area contributed by atoms with Gasteiger partial charge in [0.1, 0.15) is 5.69 Å². The van der Waals surface area contributed by atoms with Gasteiger partial charge in [-0.15, -0.1) is 5.10 Å². The van der Waals surface area contributed by atoms with Crippen molar-refractivity contribution in [2.24, 2.45) is 0 Å². The average Bonchev–Trinajstić information content (AvgIpc) is 2.77. The molecule has 2 saturated heterocycles. The Bertz CT molecular complexity index is 396. The third kappa shape index (κ3) is 2.24. The fourth-order valence-corrected chi connectivity index (χ4v) is 3.61. The summed E-state index contributed by atoms with van der Waals surface area (Å²) in [6, 6.07) is 1.17. The Morgan fingerprint density at radius 2 is 2.06 bits per heavy atom. The fourth-order valence-electron chi connectivity index (χ4n) is 2.53. The van der Waals surface area contributed by atoms with Gasteiger partial charge in [-0.1, -0.05) is 5.21 Å². The maximum Gasteiger partial charge on any atom is 0.171 e. The minimum absolute atomic E-state index is 0.408. The van der Waals surface area contributed by atoms with Gasteiger partial charge >= 0.3 is 0 Å². The lowest BCUT2D eigenvalue weighted by molar-refractivity contribution is 0.0479. The zero-order valence-corrected chi connectivity index (χ0v) is 10.5. The molecule has 0 aliphatic carbocycles. The highest BCUT2D eigenvalue weighted by Crippen LogP contribution is 2.29. The molecule has 1 aromatic rings. The van der Waals surface area contributed by atoms with Crippen LogP contribution in [0.1, 0.15) is 29.4 Å². The van der Waals surface area contributed by atoms with Gasteiger partial charge < -0.3 is 0 Å². The average molecular weight is 252 g/mol. The minimum atomic E-state index is 0.408. The summed E-state index contributed by atoms with van der Waals surface area (Å²) in [5.74, 6) is 2.59. The predicted octanol–water partition coefficient (Wildman–Crippen LogP) is 0.843. The molecule has 3 rings (SSSR count). The Morgan fingerprint density at radius 3 is 2.71 bits per heavy atom. The van der Waals surface area contributed by atoms with Crippen molar-refractivity contribution in [1.29, 1.82) is 0 Å². The van der Waals surface area contributed by atoms with E-state index < -0.39 is 0 Å². The number of aldehydes is 1. The summed E-state index contributed by atoms with van der Waals surface area (Å²) in [5.41, 5.74) is 0.428. The lowest BCUT2D eigenvalue weighted by Gasteiger charge is -2.45. The highest BCUT2D eigenvalue weighted by atomic mass is 32.2. The largest absolute Gasteiger partial charge is 0.296 e. The first-order chi connectivity index (χ1) is 8.36. The van der Waals surface area contributed by atoms with Crippen molar-refractivity contribution in [1.82, 2.24) is 19.9 Å². The lowest BCUT2D eigenvalue weighted by atomic mass is 10.0. The van der Waals surface area contributed by atoms with Gasteiger partial charge in [0.05, 0.1) is 12.2 Å². The van der Waals surface area contributed by atoms with Crippen molar-refractivity contribution in [3.8, 4) is 0 Å². The van der Waals surface area contributed by atoms with Crippen molar-refractivity contribution in [2.45, 2.75) is 24.9 Å².